The number of hydrogen-bond donors (Lipinski definition) is 1. The maximum absolute atomic E-state index is 9.85. The summed E-state index contributed by atoms with van der Waals surface area (Å²) >= 11 is 0. The summed E-state index contributed by atoms with van der Waals surface area (Å²) in [7, 11) is 0. The van der Waals surface area contributed by atoms with Gasteiger partial charge in [0.05, 0.1) is 12.2 Å². The molecule has 0 unspecified atom stereocenters. The van der Waals surface area contributed by atoms with E-state index < -0.39 is 5.79 Å². The maximum atomic E-state index is 9.85. The van der Waals surface area contributed by atoms with Crippen molar-refractivity contribution in [2.45, 2.75) is 58.2 Å². The molecular weight excluding hydrogens is 180 g/mol. The van der Waals surface area contributed by atoms with Crippen LogP contribution >= 0.6 is 0 Å². The van der Waals surface area contributed by atoms with Crippen molar-refractivity contribution in [2.24, 2.45) is 11.8 Å². The Balaban J connectivity index is 2.15. The lowest BCUT2D eigenvalue weighted by Gasteiger charge is -2.24. The van der Waals surface area contributed by atoms with Gasteiger partial charge in [0.15, 0.2) is 5.79 Å². The zero-order valence-electron chi connectivity index (χ0n) is 9.36. The Morgan fingerprint density at radius 2 is 1.79 bits per heavy atom. The third-order valence-corrected chi connectivity index (χ3v) is 3.33. The highest BCUT2D eigenvalue weighted by Crippen LogP contribution is 2.44. The van der Waals surface area contributed by atoms with E-state index >= 15 is 0 Å². The molecule has 82 valence electrons. The Hall–Kier alpha value is -0.120. The topological polar surface area (TPSA) is 38.7 Å². The third-order valence-electron chi connectivity index (χ3n) is 3.33. The van der Waals surface area contributed by atoms with Gasteiger partial charge in [-0.05, 0) is 32.1 Å². The maximum Gasteiger partial charge on any atom is 0.163 e. The zero-order chi connectivity index (χ0) is 10.5. The Morgan fingerprint density at radius 1 is 1.21 bits per heavy atom. The van der Waals surface area contributed by atoms with Crippen LogP contribution < -0.4 is 0 Å². The van der Waals surface area contributed by atoms with E-state index in [4.69, 9.17) is 9.47 Å². The molecular formula is C11H20O3. The lowest BCUT2D eigenvalue weighted by molar-refractivity contribution is -0.168. The molecule has 14 heavy (non-hydrogen) atoms. The van der Waals surface area contributed by atoms with Crippen LogP contribution in [0.3, 0.4) is 0 Å². The van der Waals surface area contributed by atoms with Gasteiger partial charge in [0.25, 0.3) is 0 Å². The van der Waals surface area contributed by atoms with Gasteiger partial charge in [0.2, 0.25) is 0 Å². The largest absolute Gasteiger partial charge is 0.390 e. The molecule has 1 N–H and O–H groups in total. The monoisotopic (exact) mass is 200 g/mol. The summed E-state index contributed by atoms with van der Waals surface area (Å²) in [4.78, 5) is 0. The van der Waals surface area contributed by atoms with E-state index in [-0.39, 0.29) is 18.3 Å². The van der Waals surface area contributed by atoms with E-state index in [2.05, 4.69) is 13.8 Å². The molecule has 0 aromatic rings. The Bertz CT molecular complexity index is 223. The first-order chi connectivity index (χ1) is 6.41. The molecule has 1 saturated carbocycles. The molecule has 0 amide bonds. The van der Waals surface area contributed by atoms with E-state index in [1.165, 1.54) is 0 Å². The van der Waals surface area contributed by atoms with Crippen LogP contribution in [0.4, 0.5) is 0 Å². The van der Waals surface area contributed by atoms with Crippen molar-refractivity contribution in [3.05, 3.63) is 0 Å². The lowest BCUT2D eigenvalue weighted by atomic mass is 9.92. The van der Waals surface area contributed by atoms with Crippen molar-refractivity contribution < 1.29 is 14.6 Å². The molecule has 4 atom stereocenters. The second kappa shape index (κ2) is 3.19. The summed E-state index contributed by atoms with van der Waals surface area (Å²) in [6.45, 7) is 8.17. The van der Waals surface area contributed by atoms with Gasteiger partial charge in [-0.3, -0.25) is 0 Å². The summed E-state index contributed by atoms with van der Waals surface area (Å²) in [5, 5.41) is 9.85. The first-order valence-corrected chi connectivity index (χ1v) is 5.44. The van der Waals surface area contributed by atoms with Gasteiger partial charge in [0, 0.05) is 0 Å². The highest BCUT2D eigenvalue weighted by atomic mass is 16.8. The third kappa shape index (κ3) is 1.58. The van der Waals surface area contributed by atoms with Crippen molar-refractivity contribution in [2.75, 3.05) is 0 Å². The van der Waals surface area contributed by atoms with Gasteiger partial charge >= 0.3 is 0 Å². The Morgan fingerprint density at radius 3 is 2.36 bits per heavy atom. The van der Waals surface area contributed by atoms with Gasteiger partial charge in [0.1, 0.15) is 6.10 Å². The highest BCUT2D eigenvalue weighted by molar-refractivity contribution is 4.99. The fraction of sp³-hybridized carbons (Fsp3) is 1.00. The minimum atomic E-state index is -0.524. The zero-order valence-corrected chi connectivity index (χ0v) is 9.36. The Labute approximate surface area is 85.4 Å². The molecule has 2 fully saturated rings. The number of hydrogen-bond acceptors (Lipinski definition) is 3. The average Bonchev–Trinajstić information content (AvgIpc) is 2.47. The number of ether oxygens (including phenoxy) is 2. The van der Waals surface area contributed by atoms with Gasteiger partial charge in [-0.25, -0.2) is 0 Å². The van der Waals surface area contributed by atoms with Crippen LogP contribution in [0.2, 0.25) is 0 Å². The summed E-state index contributed by atoms with van der Waals surface area (Å²) < 4.78 is 11.5. The molecule has 0 bridgehead atoms. The smallest absolute Gasteiger partial charge is 0.163 e. The van der Waals surface area contributed by atoms with Crippen LogP contribution in [0.5, 0.6) is 0 Å². The number of fused-ring (bicyclic) bond motifs is 1. The molecule has 1 aliphatic carbocycles. The van der Waals surface area contributed by atoms with Crippen LogP contribution in [-0.4, -0.2) is 29.2 Å². The van der Waals surface area contributed by atoms with E-state index in [0.29, 0.717) is 11.8 Å². The summed E-state index contributed by atoms with van der Waals surface area (Å²) in [6, 6.07) is 0. The highest BCUT2D eigenvalue weighted by Gasteiger charge is 2.53. The number of rotatable bonds is 1. The predicted octanol–water partition coefficient (Wildman–Crippen LogP) is 1.54. The molecule has 2 rings (SSSR count). The van der Waals surface area contributed by atoms with Crippen molar-refractivity contribution in [3.63, 3.8) is 0 Å². The van der Waals surface area contributed by atoms with Crippen molar-refractivity contribution in [1.29, 1.82) is 0 Å². The van der Waals surface area contributed by atoms with Crippen molar-refractivity contribution in [1.82, 2.24) is 0 Å². The normalized spacial score (nSPS) is 45.9. The van der Waals surface area contributed by atoms with Crippen LogP contribution in [0.25, 0.3) is 0 Å². The number of aliphatic hydroxyl groups excluding tert-OH is 1. The number of aliphatic hydroxyl groups is 1. The van der Waals surface area contributed by atoms with E-state index in [9.17, 15) is 5.11 Å². The standard InChI is InChI=1S/C11H20O3/c1-6(2)7-5-8(12)10-9(7)13-11(3,4)14-10/h6-10,12H,5H2,1-4H3/t7-,8-,9-,10+/m1/s1. The minimum absolute atomic E-state index is 0.0833. The van der Waals surface area contributed by atoms with Crippen molar-refractivity contribution in [3.8, 4) is 0 Å². The van der Waals surface area contributed by atoms with Crippen LogP contribution in [0.1, 0.15) is 34.1 Å². The summed E-state index contributed by atoms with van der Waals surface area (Å²) in [5.74, 6) is 0.443. The molecule has 0 aromatic carbocycles. The molecule has 3 nitrogen and oxygen atoms in total. The predicted molar refractivity (Wildman–Crippen MR) is 52.8 cm³/mol. The minimum Gasteiger partial charge on any atom is -0.390 e. The van der Waals surface area contributed by atoms with Gasteiger partial charge in [-0.15, -0.1) is 0 Å². The average molecular weight is 200 g/mol. The van der Waals surface area contributed by atoms with Crippen LogP contribution in [0.15, 0.2) is 0 Å². The molecule has 3 heteroatoms. The van der Waals surface area contributed by atoms with Gasteiger partial charge in [-0.2, -0.15) is 0 Å². The first kappa shape index (κ1) is 10.4. The van der Waals surface area contributed by atoms with Gasteiger partial charge in [-0.1, -0.05) is 13.8 Å². The van der Waals surface area contributed by atoms with Crippen LogP contribution in [0, 0.1) is 11.8 Å². The fourth-order valence-corrected chi connectivity index (χ4v) is 2.64. The Kier molecular flexibility index (Phi) is 2.37. The van der Waals surface area contributed by atoms with Gasteiger partial charge < -0.3 is 14.6 Å². The molecule has 0 aromatic heterocycles. The molecule has 1 saturated heterocycles. The molecule has 0 spiro atoms. The molecule has 1 aliphatic heterocycles. The van der Waals surface area contributed by atoms with Crippen LogP contribution in [-0.2, 0) is 9.47 Å². The molecule has 1 heterocycles. The van der Waals surface area contributed by atoms with E-state index in [1.807, 2.05) is 13.8 Å². The van der Waals surface area contributed by atoms with E-state index in [0.717, 1.165) is 6.42 Å². The first-order valence-electron chi connectivity index (χ1n) is 5.44. The second-order valence-electron chi connectivity index (χ2n) is 5.28. The summed E-state index contributed by atoms with van der Waals surface area (Å²) in [6.07, 6.45) is 0.426. The molecule has 2 aliphatic rings. The summed E-state index contributed by atoms with van der Waals surface area (Å²) in [5.41, 5.74) is 0. The fourth-order valence-electron chi connectivity index (χ4n) is 2.64. The van der Waals surface area contributed by atoms with E-state index in [1.54, 1.807) is 0 Å². The van der Waals surface area contributed by atoms with Crippen molar-refractivity contribution >= 4 is 0 Å². The molecule has 0 radical (unpaired) electrons. The SMILES string of the molecule is CC(C)[C@H]1C[C@@H](O)[C@@H]2OC(C)(C)O[C@@H]21. The quantitative estimate of drug-likeness (QED) is 0.698. The lowest BCUT2D eigenvalue weighted by Crippen LogP contribution is -2.28. The second-order valence-corrected chi connectivity index (χ2v) is 5.28.